The van der Waals surface area contributed by atoms with Crippen LogP contribution in [0.15, 0.2) is 24.3 Å². The van der Waals surface area contributed by atoms with Gasteiger partial charge in [-0.25, -0.2) is 0 Å². The van der Waals surface area contributed by atoms with E-state index in [9.17, 15) is 5.11 Å². The maximum atomic E-state index is 10.8. The minimum absolute atomic E-state index is 0.147. The first-order valence-electron chi connectivity index (χ1n) is 7.87. The normalized spacial score (nSPS) is 19.2. The third-order valence-electron chi connectivity index (χ3n) is 4.71. The quantitative estimate of drug-likeness (QED) is 0.843. The monoisotopic (exact) mass is 276 g/mol. The molecule has 1 aliphatic rings. The summed E-state index contributed by atoms with van der Waals surface area (Å²) < 4.78 is 5.18. The number of rotatable bonds is 6. The Hall–Kier alpha value is -1.02. The molecule has 0 radical (unpaired) electrons. The number of hydrogen-bond donors (Lipinski definition) is 1. The summed E-state index contributed by atoms with van der Waals surface area (Å²) in [6.07, 6.45) is 6.59. The topological polar surface area (TPSA) is 29.5 Å². The Morgan fingerprint density at radius 2 is 1.75 bits per heavy atom. The van der Waals surface area contributed by atoms with Crippen molar-refractivity contribution < 1.29 is 9.84 Å². The molecular weight excluding hydrogens is 248 g/mol. The lowest BCUT2D eigenvalue weighted by atomic mass is 9.72. The van der Waals surface area contributed by atoms with Crippen LogP contribution in [0.1, 0.15) is 51.5 Å². The van der Waals surface area contributed by atoms with E-state index in [-0.39, 0.29) is 11.5 Å². The Morgan fingerprint density at radius 1 is 1.15 bits per heavy atom. The highest BCUT2D eigenvalue weighted by molar-refractivity contribution is 5.27. The summed E-state index contributed by atoms with van der Waals surface area (Å²) >= 11 is 0. The van der Waals surface area contributed by atoms with Crippen LogP contribution in [0, 0.1) is 11.3 Å². The number of methoxy groups -OCH3 is 1. The molecular formula is C18H28O2. The standard InChI is InChI=1S/C18H28O2/c1-14(2)13-18(10-4-5-11-18)17(19)12-15-6-8-16(20-3)9-7-15/h6-9,14,17,19H,4-5,10-13H2,1-3H3. The second-order valence-corrected chi connectivity index (χ2v) is 6.74. The van der Waals surface area contributed by atoms with E-state index in [2.05, 4.69) is 26.0 Å². The summed E-state index contributed by atoms with van der Waals surface area (Å²) in [7, 11) is 1.68. The zero-order chi connectivity index (χ0) is 14.6. The van der Waals surface area contributed by atoms with E-state index in [0.29, 0.717) is 5.92 Å². The highest BCUT2D eigenvalue weighted by atomic mass is 16.5. The molecule has 0 spiro atoms. The molecule has 2 heteroatoms. The first-order valence-corrected chi connectivity index (χ1v) is 7.87. The molecule has 2 rings (SSSR count). The van der Waals surface area contributed by atoms with E-state index in [1.807, 2.05) is 12.1 Å². The largest absolute Gasteiger partial charge is 0.497 e. The lowest BCUT2D eigenvalue weighted by molar-refractivity contribution is 0.0134. The van der Waals surface area contributed by atoms with Crippen LogP contribution in [0.3, 0.4) is 0 Å². The number of aliphatic hydroxyl groups is 1. The van der Waals surface area contributed by atoms with Crippen molar-refractivity contribution in [2.45, 2.75) is 58.5 Å². The Labute approximate surface area is 123 Å². The smallest absolute Gasteiger partial charge is 0.118 e. The molecule has 1 atom stereocenters. The fourth-order valence-electron chi connectivity index (χ4n) is 3.77. The molecule has 1 aromatic carbocycles. The van der Waals surface area contributed by atoms with Gasteiger partial charge < -0.3 is 9.84 Å². The van der Waals surface area contributed by atoms with E-state index in [4.69, 9.17) is 4.74 Å². The third-order valence-corrected chi connectivity index (χ3v) is 4.71. The van der Waals surface area contributed by atoms with Crippen molar-refractivity contribution in [1.29, 1.82) is 0 Å². The number of hydrogen-bond acceptors (Lipinski definition) is 2. The van der Waals surface area contributed by atoms with Crippen LogP contribution in [0.4, 0.5) is 0 Å². The van der Waals surface area contributed by atoms with E-state index in [1.165, 1.54) is 31.2 Å². The molecule has 0 amide bonds. The van der Waals surface area contributed by atoms with Crippen LogP contribution in [0.5, 0.6) is 5.75 Å². The van der Waals surface area contributed by atoms with Crippen LogP contribution in [0.25, 0.3) is 0 Å². The minimum Gasteiger partial charge on any atom is -0.497 e. The predicted molar refractivity (Wildman–Crippen MR) is 83.1 cm³/mol. The van der Waals surface area contributed by atoms with Crippen molar-refractivity contribution in [3.8, 4) is 5.75 Å². The fourth-order valence-corrected chi connectivity index (χ4v) is 3.77. The van der Waals surface area contributed by atoms with Gasteiger partial charge in [-0.1, -0.05) is 38.8 Å². The molecule has 0 heterocycles. The summed E-state index contributed by atoms with van der Waals surface area (Å²) in [5.74, 6) is 1.53. The molecule has 20 heavy (non-hydrogen) atoms. The molecule has 1 saturated carbocycles. The van der Waals surface area contributed by atoms with Gasteiger partial charge in [-0.05, 0) is 54.7 Å². The number of aliphatic hydroxyl groups excluding tert-OH is 1. The predicted octanol–water partition coefficient (Wildman–Crippen LogP) is 4.21. The van der Waals surface area contributed by atoms with E-state index in [0.717, 1.165) is 18.6 Å². The molecule has 0 saturated heterocycles. The maximum Gasteiger partial charge on any atom is 0.118 e. The zero-order valence-electron chi connectivity index (χ0n) is 13.1. The lowest BCUT2D eigenvalue weighted by Gasteiger charge is -2.36. The van der Waals surface area contributed by atoms with Gasteiger partial charge >= 0.3 is 0 Å². The summed E-state index contributed by atoms with van der Waals surface area (Å²) in [6, 6.07) is 8.10. The van der Waals surface area contributed by atoms with Gasteiger partial charge in [0.15, 0.2) is 0 Å². The molecule has 2 nitrogen and oxygen atoms in total. The van der Waals surface area contributed by atoms with Crippen molar-refractivity contribution in [3.05, 3.63) is 29.8 Å². The van der Waals surface area contributed by atoms with Crippen molar-refractivity contribution in [2.24, 2.45) is 11.3 Å². The van der Waals surface area contributed by atoms with Crippen LogP contribution >= 0.6 is 0 Å². The van der Waals surface area contributed by atoms with Crippen LogP contribution in [0.2, 0.25) is 0 Å². The Balaban J connectivity index is 2.05. The third kappa shape index (κ3) is 3.54. The minimum atomic E-state index is -0.221. The van der Waals surface area contributed by atoms with Gasteiger partial charge in [-0.2, -0.15) is 0 Å². The summed E-state index contributed by atoms with van der Waals surface area (Å²) in [4.78, 5) is 0. The van der Waals surface area contributed by atoms with Gasteiger partial charge in [0, 0.05) is 0 Å². The molecule has 1 aliphatic carbocycles. The van der Waals surface area contributed by atoms with Gasteiger partial charge in [-0.15, -0.1) is 0 Å². The van der Waals surface area contributed by atoms with Crippen LogP contribution in [-0.2, 0) is 6.42 Å². The van der Waals surface area contributed by atoms with Gasteiger partial charge in [0.1, 0.15) is 5.75 Å². The van der Waals surface area contributed by atoms with Gasteiger partial charge in [0.2, 0.25) is 0 Å². The Kier molecular flexibility index (Phi) is 5.09. The van der Waals surface area contributed by atoms with E-state index >= 15 is 0 Å². The fraction of sp³-hybridized carbons (Fsp3) is 0.667. The SMILES string of the molecule is COc1ccc(CC(O)C2(CC(C)C)CCCC2)cc1. The lowest BCUT2D eigenvalue weighted by Crippen LogP contribution is -2.35. The van der Waals surface area contributed by atoms with E-state index in [1.54, 1.807) is 7.11 Å². The molecule has 112 valence electrons. The number of benzene rings is 1. The summed E-state index contributed by atoms with van der Waals surface area (Å²) in [5, 5.41) is 10.8. The molecule has 0 aromatic heterocycles. The first kappa shape index (κ1) is 15.4. The van der Waals surface area contributed by atoms with Crippen molar-refractivity contribution >= 4 is 0 Å². The van der Waals surface area contributed by atoms with Gasteiger partial charge in [0.05, 0.1) is 13.2 Å². The second-order valence-electron chi connectivity index (χ2n) is 6.74. The zero-order valence-corrected chi connectivity index (χ0v) is 13.1. The van der Waals surface area contributed by atoms with Crippen LogP contribution in [-0.4, -0.2) is 18.3 Å². The molecule has 1 fully saturated rings. The summed E-state index contributed by atoms with van der Waals surface area (Å²) in [5.41, 5.74) is 1.35. The first-order chi connectivity index (χ1) is 9.55. The Morgan fingerprint density at radius 3 is 2.25 bits per heavy atom. The second kappa shape index (κ2) is 6.62. The van der Waals surface area contributed by atoms with Gasteiger partial charge in [0.25, 0.3) is 0 Å². The average molecular weight is 276 g/mol. The maximum absolute atomic E-state index is 10.8. The molecule has 1 aromatic rings. The highest BCUT2D eigenvalue weighted by Crippen LogP contribution is 2.46. The van der Waals surface area contributed by atoms with Crippen molar-refractivity contribution in [1.82, 2.24) is 0 Å². The Bertz CT molecular complexity index is 402. The molecule has 0 aliphatic heterocycles. The highest BCUT2D eigenvalue weighted by Gasteiger charge is 2.40. The number of ether oxygens (including phenoxy) is 1. The summed E-state index contributed by atoms with van der Waals surface area (Å²) in [6.45, 7) is 4.53. The van der Waals surface area contributed by atoms with Crippen LogP contribution < -0.4 is 4.74 Å². The van der Waals surface area contributed by atoms with Gasteiger partial charge in [-0.3, -0.25) is 0 Å². The van der Waals surface area contributed by atoms with Crippen molar-refractivity contribution in [2.75, 3.05) is 7.11 Å². The molecule has 1 N–H and O–H groups in total. The van der Waals surface area contributed by atoms with E-state index < -0.39 is 0 Å². The average Bonchev–Trinajstić information content (AvgIpc) is 2.88. The molecule has 1 unspecified atom stereocenters. The van der Waals surface area contributed by atoms with Crippen molar-refractivity contribution in [3.63, 3.8) is 0 Å². The molecule has 0 bridgehead atoms.